The molecule has 0 unspecified atom stereocenters. The lowest BCUT2D eigenvalue weighted by molar-refractivity contribution is -0.116. The smallest absolute Gasteiger partial charge is 0.257 e. The van der Waals surface area contributed by atoms with Gasteiger partial charge in [0.2, 0.25) is 5.91 Å². The van der Waals surface area contributed by atoms with Crippen LogP contribution in [0.4, 0.5) is 5.82 Å². The molecule has 0 fully saturated rings. The van der Waals surface area contributed by atoms with Crippen molar-refractivity contribution in [3.05, 3.63) is 81.1 Å². The summed E-state index contributed by atoms with van der Waals surface area (Å²) in [7, 11) is 0. The Morgan fingerprint density at radius 3 is 2.71 bits per heavy atom. The summed E-state index contributed by atoms with van der Waals surface area (Å²) in [5, 5.41) is 3.27. The first kappa shape index (κ1) is 21.2. The van der Waals surface area contributed by atoms with Gasteiger partial charge in [-0.1, -0.05) is 60.6 Å². The Bertz CT molecular complexity index is 1140. The third-order valence-corrected chi connectivity index (χ3v) is 6.09. The number of nitrogens with one attached hydrogen (secondary N) is 2. The van der Waals surface area contributed by atoms with Crippen molar-refractivity contribution in [2.75, 3.05) is 11.9 Å². The molecule has 2 heterocycles. The molecule has 3 aromatic rings. The Kier molecular flexibility index (Phi) is 6.42. The van der Waals surface area contributed by atoms with E-state index in [9.17, 15) is 9.59 Å². The van der Waals surface area contributed by atoms with Gasteiger partial charge in [-0.3, -0.25) is 9.59 Å². The Morgan fingerprint density at radius 1 is 1.16 bits per heavy atom. The zero-order chi connectivity index (χ0) is 21.8. The first-order valence-corrected chi connectivity index (χ1v) is 11.4. The molecule has 1 amide bonds. The van der Waals surface area contributed by atoms with Gasteiger partial charge in [-0.05, 0) is 36.6 Å². The average molecular weight is 436 g/mol. The van der Waals surface area contributed by atoms with E-state index in [-0.39, 0.29) is 23.8 Å². The predicted molar refractivity (Wildman–Crippen MR) is 123 cm³/mol. The van der Waals surface area contributed by atoms with Gasteiger partial charge in [0.05, 0.1) is 12.2 Å². The number of hydrogen-bond acceptors (Lipinski definition) is 5. The third kappa shape index (κ3) is 4.99. The lowest BCUT2D eigenvalue weighted by Gasteiger charge is -2.24. The van der Waals surface area contributed by atoms with Crippen molar-refractivity contribution < 1.29 is 9.53 Å². The van der Waals surface area contributed by atoms with Gasteiger partial charge in [-0.2, -0.15) is 0 Å². The minimum absolute atomic E-state index is 0.142. The van der Waals surface area contributed by atoms with Crippen LogP contribution < -0.4 is 15.6 Å². The summed E-state index contributed by atoms with van der Waals surface area (Å²) in [4.78, 5) is 32.8. The fourth-order valence-electron chi connectivity index (χ4n) is 3.67. The number of carbonyl (C=O) groups excluding carboxylic acids is 1. The molecule has 1 aliphatic heterocycles. The second-order valence-electron chi connectivity index (χ2n) is 7.63. The number of nitrogens with zero attached hydrogens (tertiary/aromatic N) is 1. The van der Waals surface area contributed by atoms with Gasteiger partial charge < -0.3 is 15.0 Å². The zero-order valence-electron chi connectivity index (χ0n) is 17.6. The molecular weight excluding hydrogens is 410 g/mol. The molecule has 7 heteroatoms. The SMILES string of the molecule is CCCOc1ccc([C@H]2CC(=O)Nc3nc(SCc4cccc(C)c4)[nH]c(=O)c32)cc1. The largest absolute Gasteiger partial charge is 0.494 e. The van der Waals surface area contributed by atoms with Crippen LogP contribution in [0.15, 0.2) is 58.5 Å². The minimum Gasteiger partial charge on any atom is -0.494 e. The number of H-pyrrole nitrogens is 1. The van der Waals surface area contributed by atoms with Crippen molar-refractivity contribution in [1.29, 1.82) is 0 Å². The Morgan fingerprint density at radius 2 is 1.97 bits per heavy atom. The number of aromatic nitrogens is 2. The fraction of sp³-hybridized carbons (Fsp3) is 0.292. The first-order valence-electron chi connectivity index (χ1n) is 10.4. The second-order valence-corrected chi connectivity index (χ2v) is 8.60. The summed E-state index contributed by atoms with van der Waals surface area (Å²) in [6.45, 7) is 4.75. The molecule has 0 aliphatic carbocycles. The molecular formula is C24H25N3O3S. The molecule has 0 saturated heterocycles. The number of hydrogen-bond donors (Lipinski definition) is 2. The highest BCUT2D eigenvalue weighted by molar-refractivity contribution is 7.98. The molecule has 1 aliphatic rings. The highest BCUT2D eigenvalue weighted by atomic mass is 32.2. The molecule has 0 radical (unpaired) electrons. The number of fused-ring (bicyclic) bond motifs is 1. The third-order valence-electron chi connectivity index (χ3n) is 5.14. The highest BCUT2D eigenvalue weighted by Crippen LogP contribution is 2.35. The van der Waals surface area contributed by atoms with Gasteiger partial charge in [-0.15, -0.1) is 0 Å². The summed E-state index contributed by atoms with van der Waals surface area (Å²) in [5.74, 6) is 1.33. The maximum atomic E-state index is 13.0. The van der Waals surface area contributed by atoms with Gasteiger partial charge >= 0.3 is 0 Å². The van der Waals surface area contributed by atoms with Crippen LogP contribution in [-0.2, 0) is 10.5 Å². The Labute approximate surface area is 185 Å². The second kappa shape index (κ2) is 9.39. The van der Waals surface area contributed by atoms with Gasteiger partial charge in [0, 0.05) is 18.1 Å². The van der Waals surface area contributed by atoms with Crippen molar-refractivity contribution in [1.82, 2.24) is 9.97 Å². The van der Waals surface area contributed by atoms with Gasteiger partial charge in [-0.25, -0.2) is 4.98 Å². The fourth-order valence-corrected chi connectivity index (χ4v) is 4.48. The van der Waals surface area contributed by atoms with E-state index in [1.54, 1.807) is 0 Å². The lowest BCUT2D eigenvalue weighted by atomic mass is 9.87. The van der Waals surface area contributed by atoms with Crippen molar-refractivity contribution in [2.45, 2.75) is 43.5 Å². The summed E-state index contributed by atoms with van der Waals surface area (Å²) in [6, 6.07) is 15.8. The van der Waals surface area contributed by atoms with Crippen molar-refractivity contribution in [2.24, 2.45) is 0 Å². The minimum atomic E-state index is -0.337. The van der Waals surface area contributed by atoms with Crippen LogP contribution in [0.3, 0.4) is 0 Å². The lowest BCUT2D eigenvalue weighted by Crippen LogP contribution is -2.31. The van der Waals surface area contributed by atoms with Gasteiger partial charge in [0.15, 0.2) is 5.16 Å². The molecule has 4 rings (SSSR count). The topological polar surface area (TPSA) is 84.1 Å². The van der Waals surface area contributed by atoms with Crippen molar-refractivity contribution in [3.63, 3.8) is 0 Å². The van der Waals surface area contributed by atoms with E-state index in [0.29, 0.717) is 28.9 Å². The Balaban J connectivity index is 1.59. The average Bonchev–Trinajstić information content (AvgIpc) is 2.76. The Hall–Kier alpha value is -3.06. The first-order chi connectivity index (χ1) is 15.0. The van der Waals surface area contributed by atoms with E-state index in [1.807, 2.05) is 49.4 Å². The van der Waals surface area contributed by atoms with Crippen molar-refractivity contribution in [3.8, 4) is 5.75 Å². The monoisotopic (exact) mass is 435 g/mol. The number of aryl methyl sites for hydroxylation is 1. The molecule has 1 aromatic heterocycles. The molecule has 31 heavy (non-hydrogen) atoms. The van der Waals surface area contributed by atoms with E-state index in [1.165, 1.54) is 17.3 Å². The molecule has 0 saturated carbocycles. The number of benzene rings is 2. The van der Waals surface area contributed by atoms with E-state index in [2.05, 4.69) is 28.3 Å². The normalized spacial score (nSPS) is 15.3. The molecule has 0 spiro atoms. The summed E-state index contributed by atoms with van der Waals surface area (Å²) in [6.07, 6.45) is 1.14. The van der Waals surface area contributed by atoms with E-state index in [0.717, 1.165) is 23.3 Å². The van der Waals surface area contributed by atoms with Crippen LogP contribution >= 0.6 is 11.8 Å². The number of carbonyl (C=O) groups is 1. The molecule has 1 atom stereocenters. The number of aromatic amines is 1. The molecule has 6 nitrogen and oxygen atoms in total. The maximum absolute atomic E-state index is 13.0. The van der Waals surface area contributed by atoms with Gasteiger partial charge in [0.25, 0.3) is 5.56 Å². The summed E-state index contributed by atoms with van der Waals surface area (Å²) >= 11 is 1.44. The molecule has 2 N–H and O–H groups in total. The zero-order valence-corrected chi connectivity index (χ0v) is 18.4. The quantitative estimate of drug-likeness (QED) is 0.417. The maximum Gasteiger partial charge on any atom is 0.257 e. The summed E-state index contributed by atoms with van der Waals surface area (Å²) in [5.41, 5.74) is 3.52. The van der Waals surface area contributed by atoms with Crippen LogP contribution in [0.5, 0.6) is 5.75 Å². The van der Waals surface area contributed by atoms with Crippen LogP contribution in [0.2, 0.25) is 0 Å². The standard InChI is InChI=1S/C24H25N3O3S/c1-3-11-30-18-9-7-17(8-10-18)19-13-20(28)25-22-21(19)23(29)27-24(26-22)31-14-16-6-4-5-15(2)12-16/h4-10,12,19H,3,11,13-14H2,1-2H3,(H2,25,26,27,28,29)/t19-/m1/s1. The van der Waals surface area contributed by atoms with Crippen LogP contribution in [-0.4, -0.2) is 22.5 Å². The molecule has 0 bridgehead atoms. The van der Waals surface area contributed by atoms with E-state index in [4.69, 9.17) is 4.74 Å². The van der Waals surface area contributed by atoms with Crippen LogP contribution in [0, 0.1) is 6.92 Å². The van der Waals surface area contributed by atoms with Gasteiger partial charge in [0.1, 0.15) is 11.6 Å². The number of anilines is 1. The number of amides is 1. The van der Waals surface area contributed by atoms with E-state index < -0.39 is 0 Å². The molecule has 160 valence electrons. The number of rotatable bonds is 7. The summed E-state index contributed by atoms with van der Waals surface area (Å²) < 4.78 is 5.64. The highest BCUT2D eigenvalue weighted by Gasteiger charge is 2.31. The molecule has 2 aromatic carbocycles. The van der Waals surface area contributed by atoms with E-state index >= 15 is 0 Å². The van der Waals surface area contributed by atoms with Crippen LogP contribution in [0.25, 0.3) is 0 Å². The van der Waals surface area contributed by atoms with Crippen molar-refractivity contribution >= 4 is 23.5 Å². The number of ether oxygens (including phenoxy) is 1. The number of thioether (sulfide) groups is 1. The van der Waals surface area contributed by atoms with Crippen LogP contribution in [0.1, 0.15) is 47.9 Å². The predicted octanol–water partition coefficient (Wildman–Crippen LogP) is 4.63.